The van der Waals surface area contributed by atoms with Crippen LogP contribution in [0.4, 0.5) is 0 Å². The monoisotopic (exact) mass is 148 g/mol. The van der Waals surface area contributed by atoms with E-state index < -0.39 is 0 Å². The number of carbonyl (C=O) groups excluding carboxylic acids is 1. The maximum Gasteiger partial charge on any atom is 0.277 e. The van der Waals surface area contributed by atoms with Crippen molar-refractivity contribution >= 4 is 12.1 Å². The third kappa shape index (κ3) is 0.797. The summed E-state index contributed by atoms with van der Waals surface area (Å²) in [6.07, 6.45) is 2.92. The maximum atomic E-state index is 10.9. The molecule has 0 aromatic carbocycles. The molecule has 0 unspecified atom stereocenters. The molecule has 11 heavy (non-hydrogen) atoms. The quantitative estimate of drug-likeness (QED) is 0.560. The number of aromatic nitrogens is 1. The Morgan fingerprint density at radius 2 is 2.18 bits per heavy atom. The first-order chi connectivity index (χ1) is 5.27. The molecule has 0 spiro atoms. The number of pyridine rings is 1. The zero-order chi connectivity index (χ0) is 7.84. The molecule has 54 valence electrons. The predicted molar refractivity (Wildman–Crippen MR) is 39.0 cm³/mol. The highest BCUT2D eigenvalue weighted by Gasteiger charge is 2.14. The molecule has 1 amide bonds. The van der Waals surface area contributed by atoms with E-state index in [0.717, 1.165) is 0 Å². The highest BCUT2D eigenvalue weighted by molar-refractivity contribution is 6.12. The average Bonchev–Trinajstić information content (AvgIpc) is 2.33. The van der Waals surface area contributed by atoms with Gasteiger partial charge in [0.2, 0.25) is 5.56 Å². The molecule has 4 nitrogen and oxygen atoms in total. The zero-order valence-electron chi connectivity index (χ0n) is 5.50. The molecule has 2 rings (SSSR count). The fourth-order valence-electron chi connectivity index (χ4n) is 0.972. The van der Waals surface area contributed by atoms with Crippen LogP contribution in [-0.2, 0) is 0 Å². The molecule has 1 aromatic rings. The van der Waals surface area contributed by atoms with E-state index in [4.69, 9.17) is 0 Å². The van der Waals surface area contributed by atoms with Crippen LogP contribution in [0.2, 0.25) is 0 Å². The van der Waals surface area contributed by atoms with Crippen LogP contribution < -0.4 is 5.56 Å². The lowest BCUT2D eigenvalue weighted by atomic mass is 10.2. The smallest absolute Gasteiger partial charge is 0.277 e. The Labute approximate surface area is 61.6 Å². The lowest BCUT2D eigenvalue weighted by Crippen LogP contribution is -2.07. The van der Waals surface area contributed by atoms with Crippen LogP contribution in [0.25, 0.3) is 0 Å². The van der Waals surface area contributed by atoms with Crippen LogP contribution in [0.1, 0.15) is 15.9 Å². The number of hydrogen-bond donors (Lipinski definition) is 1. The highest BCUT2D eigenvalue weighted by atomic mass is 16.1. The fraction of sp³-hybridized carbons (Fsp3) is 0. The van der Waals surface area contributed by atoms with E-state index in [1.54, 1.807) is 0 Å². The van der Waals surface area contributed by atoms with E-state index in [9.17, 15) is 9.59 Å². The zero-order valence-corrected chi connectivity index (χ0v) is 5.50. The number of rotatable bonds is 0. The van der Waals surface area contributed by atoms with Crippen molar-refractivity contribution in [1.29, 1.82) is 0 Å². The van der Waals surface area contributed by atoms with Gasteiger partial charge < -0.3 is 4.98 Å². The summed E-state index contributed by atoms with van der Waals surface area (Å²) in [5.41, 5.74) is 0.783. The van der Waals surface area contributed by atoms with Gasteiger partial charge in [-0.15, -0.1) is 0 Å². The van der Waals surface area contributed by atoms with Crippen molar-refractivity contribution in [2.24, 2.45) is 4.99 Å². The molecule has 1 aliphatic heterocycles. The summed E-state index contributed by atoms with van der Waals surface area (Å²) in [6.45, 7) is 0. The second-order valence-electron chi connectivity index (χ2n) is 2.23. The van der Waals surface area contributed by atoms with Crippen molar-refractivity contribution in [2.75, 3.05) is 0 Å². The Morgan fingerprint density at radius 1 is 1.36 bits per heavy atom. The minimum absolute atomic E-state index is 0.275. The van der Waals surface area contributed by atoms with Crippen LogP contribution >= 0.6 is 0 Å². The topological polar surface area (TPSA) is 62.3 Å². The van der Waals surface area contributed by atoms with Crippen molar-refractivity contribution in [3.05, 3.63) is 33.7 Å². The van der Waals surface area contributed by atoms with Gasteiger partial charge in [0, 0.05) is 24.0 Å². The number of hydrogen-bond acceptors (Lipinski definition) is 2. The summed E-state index contributed by atoms with van der Waals surface area (Å²) in [5.74, 6) is -0.342. The first-order valence-corrected chi connectivity index (χ1v) is 3.08. The summed E-state index contributed by atoms with van der Waals surface area (Å²) in [7, 11) is 0. The SMILES string of the molecule is O=C1N=Cc2c[nH]c(=O)cc21. The Morgan fingerprint density at radius 3 is 3.00 bits per heavy atom. The minimum atomic E-state index is -0.342. The van der Waals surface area contributed by atoms with E-state index >= 15 is 0 Å². The number of H-pyrrole nitrogens is 1. The van der Waals surface area contributed by atoms with Gasteiger partial charge in [-0.05, 0) is 0 Å². The standard InChI is InChI=1S/C7H4N2O2/c10-6-1-5-4(2-8-6)3-9-7(5)11/h1-3H,(H,8,10). The Balaban J connectivity index is 2.76. The van der Waals surface area contributed by atoms with E-state index in [1.807, 2.05) is 0 Å². The van der Waals surface area contributed by atoms with Gasteiger partial charge in [-0.1, -0.05) is 0 Å². The van der Waals surface area contributed by atoms with Crippen molar-refractivity contribution in [2.45, 2.75) is 0 Å². The number of nitrogens with zero attached hydrogens (tertiary/aromatic N) is 1. The van der Waals surface area contributed by atoms with Gasteiger partial charge in [0.1, 0.15) is 0 Å². The second kappa shape index (κ2) is 1.88. The van der Waals surface area contributed by atoms with Crippen molar-refractivity contribution < 1.29 is 4.79 Å². The van der Waals surface area contributed by atoms with E-state index in [2.05, 4.69) is 9.98 Å². The molecule has 4 heteroatoms. The summed E-state index contributed by atoms with van der Waals surface area (Å²) in [4.78, 5) is 27.6. The molecule has 0 aliphatic carbocycles. The number of aromatic amines is 1. The lowest BCUT2D eigenvalue weighted by Gasteiger charge is -1.90. The first kappa shape index (κ1) is 6.03. The molecule has 0 saturated heterocycles. The normalized spacial score (nSPS) is 13.6. The summed E-state index contributed by atoms with van der Waals surface area (Å²) in [5, 5.41) is 0. The number of nitrogens with one attached hydrogen (secondary N) is 1. The highest BCUT2D eigenvalue weighted by Crippen LogP contribution is 2.09. The van der Waals surface area contributed by atoms with Crippen LogP contribution in [0.15, 0.2) is 22.1 Å². The number of aliphatic imine (C=N–C) groups is 1. The molecule has 0 fully saturated rings. The molecule has 1 aliphatic rings. The van der Waals surface area contributed by atoms with Crippen molar-refractivity contribution in [1.82, 2.24) is 4.98 Å². The molecule has 1 N–H and O–H groups in total. The number of fused-ring (bicyclic) bond motifs is 1. The molecule has 0 saturated carbocycles. The largest absolute Gasteiger partial charge is 0.328 e. The van der Waals surface area contributed by atoms with Gasteiger partial charge in [0.25, 0.3) is 5.91 Å². The Kier molecular flexibility index (Phi) is 1.03. The first-order valence-electron chi connectivity index (χ1n) is 3.08. The third-order valence-electron chi connectivity index (χ3n) is 1.51. The molecular formula is C7H4N2O2. The van der Waals surface area contributed by atoms with Crippen LogP contribution in [0.3, 0.4) is 0 Å². The fourth-order valence-corrected chi connectivity index (χ4v) is 0.972. The summed E-state index contributed by atoms with van der Waals surface area (Å²) >= 11 is 0. The molecular weight excluding hydrogens is 144 g/mol. The Hall–Kier alpha value is -1.71. The number of carbonyl (C=O) groups is 1. The van der Waals surface area contributed by atoms with Crippen molar-refractivity contribution in [3.63, 3.8) is 0 Å². The van der Waals surface area contributed by atoms with Crippen molar-refractivity contribution in [3.8, 4) is 0 Å². The molecule has 1 aromatic heterocycles. The van der Waals surface area contributed by atoms with Crippen LogP contribution in [-0.4, -0.2) is 17.1 Å². The molecule has 0 radical (unpaired) electrons. The minimum Gasteiger partial charge on any atom is -0.328 e. The van der Waals surface area contributed by atoms with Crippen LogP contribution in [0.5, 0.6) is 0 Å². The maximum absolute atomic E-state index is 10.9. The van der Waals surface area contributed by atoms with Gasteiger partial charge in [-0.25, -0.2) is 4.99 Å². The predicted octanol–water partition coefficient (Wildman–Crippen LogP) is -0.0524. The molecule has 0 atom stereocenters. The van der Waals surface area contributed by atoms with Gasteiger partial charge in [-0.2, -0.15) is 0 Å². The van der Waals surface area contributed by atoms with Gasteiger partial charge >= 0.3 is 0 Å². The molecule has 0 bridgehead atoms. The lowest BCUT2D eigenvalue weighted by molar-refractivity contribution is 0.101. The van der Waals surface area contributed by atoms with E-state index in [0.29, 0.717) is 11.1 Å². The van der Waals surface area contributed by atoms with Gasteiger partial charge in [0.05, 0.1) is 5.56 Å². The van der Waals surface area contributed by atoms with Gasteiger partial charge in [-0.3, -0.25) is 9.59 Å². The third-order valence-corrected chi connectivity index (χ3v) is 1.51. The Bertz CT molecular complexity index is 403. The summed E-state index contributed by atoms with van der Waals surface area (Å²) < 4.78 is 0. The van der Waals surface area contributed by atoms with Gasteiger partial charge in [0.15, 0.2) is 0 Å². The summed E-state index contributed by atoms with van der Waals surface area (Å²) in [6, 6.07) is 1.25. The second-order valence-corrected chi connectivity index (χ2v) is 2.23. The van der Waals surface area contributed by atoms with Crippen LogP contribution in [0, 0.1) is 0 Å². The molecule has 2 heterocycles. The van der Waals surface area contributed by atoms with E-state index in [-0.39, 0.29) is 11.5 Å². The average molecular weight is 148 g/mol. The number of amides is 1. The van der Waals surface area contributed by atoms with E-state index in [1.165, 1.54) is 18.5 Å².